The molecule has 0 aromatic rings. The molecule has 0 bridgehead atoms. The molecule has 0 aromatic carbocycles. The Bertz CT molecular complexity index is 503. The molecule has 4 nitrogen and oxygen atoms in total. The van der Waals surface area contributed by atoms with E-state index < -0.39 is 0 Å². The maximum atomic E-state index is 11.9. The third kappa shape index (κ3) is 7.12. The van der Waals surface area contributed by atoms with Crippen molar-refractivity contribution in [2.45, 2.75) is 83.2 Å². The highest BCUT2D eigenvalue weighted by molar-refractivity contribution is 5.77. The molecule has 1 N–H and O–H groups in total. The van der Waals surface area contributed by atoms with Gasteiger partial charge in [-0.15, -0.1) is 5.92 Å². The first-order valence-corrected chi connectivity index (χ1v) is 11.3. The van der Waals surface area contributed by atoms with Crippen LogP contribution in [0.4, 0.5) is 0 Å². The number of hydrogen-bond donors (Lipinski definition) is 1. The fourth-order valence-electron chi connectivity index (χ4n) is 5.11. The minimum absolute atomic E-state index is 0.0628. The molecule has 3 rings (SSSR count). The van der Waals surface area contributed by atoms with Gasteiger partial charge in [0.05, 0.1) is 6.61 Å². The molecule has 0 aliphatic heterocycles. The number of hydrogen-bond acceptors (Lipinski definition) is 3. The molecule has 3 aliphatic carbocycles. The van der Waals surface area contributed by atoms with Crippen LogP contribution in [0.5, 0.6) is 0 Å². The van der Waals surface area contributed by atoms with Crippen molar-refractivity contribution < 1.29 is 14.3 Å². The number of nitrogens with one attached hydrogen (secondary N) is 1. The molecule has 27 heavy (non-hydrogen) atoms. The van der Waals surface area contributed by atoms with Crippen molar-refractivity contribution in [1.82, 2.24) is 5.32 Å². The van der Waals surface area contributed by atoms with Gasteiger partial charge in [-0.05, 0) is 49.9 Å². The Kier molecular flexibility index (Phi) is 8.97. The van der Waals surface area contributed by atoms with E-state index in [-0.39, 0.29) is 18.6 Å². The summed E-state index contributed by atoms with van der Waals surface area (Å²) in [4.78, 5) is 11.9. The second-order valence-electron chi connectivity index (χ2n) is 8.54. The first kappa shape index (κ1) is 20.7. The minimum atomic E-state index is -0.0813. The molecule has 0 aromatic heterocycles. The maximum absolute atomic E-state index is 11.9. The van der Waals surface area contributed by atoms with E-state index in [1.165, 1.54) is 57.8 Å². The van der Waals surface area contributed by atoms with E-state index in [9.17, 15) is 4.79 Å². The lowest BCUT2D eigenvalue weighted by molar-refractivity contribution is -0.127. The van der Waals surface area contributed by atoms with Crippen molar-refractivity contribution in [3.05, 3.63) is 0 Å². The molecule has 152 valence electrons. The molecule has 0 radical (unpaired) electrons. The predicted molar refractivity (Wildman–Crippen MR) is 107 cm³/mol. The summed E-state index contributed by atoms with van der Waals surface area (Å²) in [6.45, 7) is 2.14. The summed E-state index contributed by atoms with van der Waals surface area (Å²) in [7, 11) is 0. The molecular weight excluding hydrogens is 338 g/mol. The molecular formula is C23H37NO3. The quantitative estimate of drug-likeness (QED) is 0.488. The van der Waals surface area contributed by atoms with Crippen LogP contribution in [0, 0.1) is 29.6 Å². The topological polar surface area (TPSA) is 47.6 Å². The second-order valence-corrected chi connectivity index (χ2v) is 8.54. The fourth-order valence-corrected chi connectivity index (χ4v) is 5.11. The first-order chi connectivity index (χ1) is 13.3. The highest BCUT2D eigenvalue weighted by Crippen LogP contribution is 2.43. The van der Waals surface area contributed by atoms with Crippen molar-refractivity contribution in [3.63, 3.8) is 0 Å². The number of carbonyl (C=O) groups is 1. The fraction of sp³-hybridized carbons (Fsp3) is 0.870. The van der Waals surface area contributed by atoms with E-state index in [4.69, 9.17) is 9.47 Å². The van der Waals surface area contributed by atoms with Crippen LogP contribution in [0.15, 0.2) is 0 Å². The largest absolute Gasteiger partial charge is 0.379 e. The lowest BCUT2D eigenvalue weighted by atomic mass is 9.83. The van der Waals surface area contributed by atoms with Gasteiger partial charge in [0.25, 0.3) is 0 Å². The van der Waals surface area contributed by atoms with Crippen molar-refractivity contribution in [2.24, 2.45) is 17.8 Å². The van der Waals surface area contributed by atoms with E-state index >= 15 is 0 Å². The summed E-state index contributed by atoms with van der Waals surface area (Å²) in [5.74, 6) is 8.80. The molecule has 3 unspecified atom stereocenters. The average molecular weight is 376 g/mol. The molecule has 1 amide bonds. The van der Waals surface area contributed by atoms with E-state index in [1.54, 1.807) is 0 Å². The number of rotatable bonds is 9. The van der Waals surface area contributed by atoms with Crippen LogP contribution in [0.25, 0.3) is 0 Å². The Morgan fingerprint density at radius 1 is 0.963 bits per heavy atom. The van der Waals surface area contributed by atoms with Crippen molar-refractivity contribution >= 4 is 5.91 Å². The van der Waals surface area contributed by atoms with Gasteiger partial charge in [0.1, 0.15) is 12.7 Å². The lowest BCUT2D eigenvalue weighted by Gasteiger charge is -2.25. The van der Waals surface area contributed by atoms with Crippen molar-refractivity contribution in [1.29, 1.82) is 0 Å². The Morgan fingerprint density at radius 3 is 2.70 bits per heavy atom. The molecule has 2 fully saturated rings. The van der Waals surface area contributed by atoms with Crippen molar-refractivity contribution in [3.8, 4) is 11.8 Å². The van der Waals surface area contributed by atoms with Crippen molar-refractivity contribution in [2.75, 3.05) is 26.4 Å². The van der Waals surface area contributed by atoms with Crippen LogP contribution in [-0.4, -0.2) is 38.4 Å². The zero-order valence-electron chi connectivity index (χ0n) is 16.8. The first-order valence-electron chi connectivity index (χ1n) is 11.3. The highest BCUT2D eigenvalue weighted by atomic mass is 16.5. The molecule has 0 saturated heterocycles. The van der Waals surface area contributed by atoms with Gasteiger partial charge in [-0.3, -0.25) is 4.79 Å². The molecule has 2 saturated carbocycles. The summed E-state index contributed by atoms with van der Waals surface area (Å²) in [5, 5.41) is 2.90. The summed E-state index contributed by atoms with van der Waals surface area (Å²) in [6.07, 6.45) is 15.1. The van der Waals surface area contributed by atoms with E-state index in [0.717, 1.165) is 43.6 Å². The lowest BCUT2D eigenvalue weighted by Crippen LogP contribution is -2.32. The Balaban J connectivity index is 1.23. The number of amides is 1. The summed E-state index contributed by atoms with van der Waals surface area (Å²) in [5.41, 5.74) is 0. The monoisotopic (exact) mass is 375 g/mol. The maximum Gasteiger partial charge on any atom is 0.246 e. The van der Waals surface area contributed by atoms with E-state index in [0.29, 0.717) is 13.2 Å². The van der Waals surface area contributed by atoms with Crippen LogP contribution >= 0.6 is 0 Å². The summed E-state index contributed by atoms with van der Waals surface area (Å²) >= 11 is 0. The van der Waals surface area contributed by atoms with Gasteiger partial charge in [0, 0.05) is 19.6 Å². The van der Waals surface area contributed by atoms with Gasteiger partial charge in [0.15, 0.2) is 0 Å². The number of ether oxygens (including phenoxy) is 2. The van der Waals surface area contributed by atoms with Crippen LogP contribution in [0.3, 0.4) is 0 Å². The second kappa shape index (κ2) is 11.7. The van der Waals surface area contributed by atoms with Gasteiger partial charge in [-0.25, -0.2) is 0 Å². The summed E-state index contributed by atoms with van der Waals surface area (Å²) in [6, 6.07) is 0. The minimum Gasteiger partial charge on any atom is -0.379 e. The highest BCUT2D eigenvalue weighted by Gasteiger charge is 2.34. The smallest absolute Gasteiger partial charge is 0.246 e. The predicted octanol–water partition coefficient (Wildman–Crippen LogP) is 4.08. The SMILES string of the molecule is O=C(COC1C#CCCCCC1)NCCOCC1CCCC1C1CCCC1. The van der Waals surface area contributed by atoms with Gasteiger partial charge in [0.2, 0.25) is 5.91 Å². The van der Waals surface area contributed by atoms with Gasteiger partial charge in [-0.1, -0.05) is 44.4 Å². The molecule has 4 heteroatoms. The van der Waals surface area contributed by atoms with Crippen LogP contribution in [-0.2, 0) is 14.3 Å². The molecule has 0 spiro atoms. The third-order valence-electron chi connectivity index (χ3n) is 6.57. The van der Waals surface area contributed by atoms with Gasteiger partial charge >= 0.3 is 0 Å². The standard InChI is InChI=1S/C23H37NO3/c25-23(18-27-21-12-4-2-1-3-5-13-21)24-15-16-26-17-20-11-8-14-22(20)19-9-6-7-10-19/h19-22H,1-4,6-12,14-18H2,(H,24,25). The molecule has 3 aliphatic rings. The zero-order valence-corrected chi connectivity index (χ0v) is 16.8. The normalized spacial score (nSPS) is 29.0. The van der Waals surface area contributed by atoms with Gasteiger partial charge < -0.3 is 14.8 Å². The Hall–Kier alpha value is -1.05. The van der Waals surface area contributed by atoms with Crippen LogP contribution in [0.2, 0.25) is 0 Å². The Labute approximate surface area is 165 Å². The zero-order chi connectivity index (χ0) is 18.7. The van der Waals surface area contributed by atoms with E-state index in [1.807, 2.05) is 0 Å². The average Bonchev–Trinajstić information content (AvgIpc) is 3.31. The number of carbonyl (C=O) groups excluding carboxylic acids is 1. The summed E-state index contributed by atoms with van der Waals surface area (Å²) < 4.78 is 11.6. The molecule has 3 atom stereocenters. The van der Waals surface area contributed by atoms with Gasteiger partial charge in [-0.2, -0.15) is 0 Å². The Morgan fingerprint density at radius 2 is 1.81 bits per heavy atom. The third-order valence-corrected chi connectivity index (χ3v) is 6.57. The van der Waals surface area contributed by atoms with Crippen LogP contribution in [0.1, 0.15) is 77.0 Å². The van der Waals surface area contributed by atoms with E-state index in [2.05, 4.69) is 17.2 Å². The van der Waals surface area contributed by atoms with Crippen LogP contribution < -0.4 is 5.32 Å². The molecule has 0 heterocycles.